The molecule has 3 aliphatic rings. The second kappa shape index (κ2) is 5.64. The Labute approximate surface area is 121 Å². The number of rotatable bonds is 7. The molecule has 0 saturated heterocycles. The maximum Gasteiger partial charge on any atom is 0.323 e. The van der Waals surface area contributed by atoms with E-state index in [2.05, 4.69) is 17.1 Å². The summed E-state index contributed by atoms with van der Waals surface area (Å²) >= 11 is 0. The standard InChI is InChI=1S/C16H28N2O2/c1-2-10-18(13-7-8-13)14-4-3-9-16(11-14,15(19)20)17-12-5-6-12/h12-14,17H,2-11H2,1H3,(H,19,20). The lowest BCUT2D eigenvalue weighted by Gasteiger charge is -2.43. The number of hydrogen-bond donors (Lipinski definition) is 2. The van der Waals surface area contributed by atoms with Gasteiger partial charge in [-0.25, -0.2) is 0 Å². The van der Waals surface area contributed by atoms with E-state index in [1.165, 1.54) is 25.7 Å². The Morgan fingerprint density at radius 2 is 2.00 bits per heavy atom. The molecule has 3 aliphatic carbocycles. The molecular formula is C16H28N2O2. The average molecular weight is 280 g/mol. The highest BCUT2D eigenvalue weighted by Crippen LogP contribution is 2.39. The van der Waals surface area contributed by atoms with Crippen LogP contribution in [0.1, 0.15) is 64.7 Å². The van der Waals surface area contributed by atoms with Crippen LogP contribution in [0.2, 0.25) is 0 Å². The summed E-state index contributed by atoms with van der Waals surface area (Å²) in [6, 6.07) is 1.68. The fraction of sp³-hybridized carbons (Fsp3) is 0.938. The first-order valence-electron chi connectivity index (χ1n) is 8.41. The molecular weight excluding hydrogens is 252 g/mol. The summed E-state index contributed by atoms with van der Waals surface area (Å²) in [6.45, 7) is 3.36. The molecule has 3 rings (SSSR count). The van der Waals surface area contributed by atoms with E-state index in [-0.39, 0.29) is 0 Å². The minimum absolute atomic E-state index is 0.463. The average Bonchev–Trinajstić information content (AvgIpc) is 3.29. The van der Waals surface area contributed by atoms with Gasteiger partial charge in [0.1, 0.15) is 5.54 Å². The van der Waals surface area contributed by atoms with Crippen LogP contribution < -0.4 is 5.32 Å². The van der Waals surface area contributed by atoms with Crippen molar-refractivity contribution in [3.63, 3.8) is 0 Å². The van der Waals surface area contributed by atoms with Crippen molar-refractivity contribution in [3.8, 4) is 0 Å². The third kappa shape index (κ3) is 3.01. The third-order valence-electron chi connectivity index (χ3n) is 5.16. The molecule has 2 N–H and O–H groups in total. The molecule has 0 aliphatic heterocycles. The first-order valence-corrected chi connectivity index (χ1v) is 8.41. The van der Waals surface area contributed by atoms with Gasteiger partial charge < -0.3 is 5.11 Å². The van der Waals surface area contributed by atoms with E-state index in [1.807, 2.05) is 0 Å². The summed E-state index contributed by atoms with van der Waals surface area (Å²) in [7, 11) is 0. The number of aliphatic carboxylic acids is 1. The van der Waals surface area contributed by atoms with E-state index in [1.54, 1.807) is 0 Å². The Morgan fingerprint density at radius 1 is 1.25 bits per heavy atom. The van der Waals surface area contributed by atoms with Crippen LogP contribution in [0.25, 0.3) is 0 Å². The highest BCUT2D eigenvalue weighted by molar-refractivity contribution is 5.79. The third-order valence-corrected chi connectivity index (χ3v) is 5.16. The normalized spacial score (nSPS) is 34.4. The summed E-state index contributed by atoms with van der Waals surface area (Å²) < 4.78 is 0. The van der Waals surface area contributed by atoms with Crippen LogP contribution in [-0.2, 0) is 4.79 Å². The number of nitrogens with one attached hydrogen (secondary N) is 1. The first-order chi connectivity index (χ1) is 9.64. The van der Waals surface area contributed by atoms with Crippen molar-refractivity contribution >= 4 is 5.97 Å². The lowest BCUT2D eigenvalue weighted by Crippen LogP contribution is -2.59. The number of hydrogen-bond acceptors (Lipinski definition) is 3. The van der Waals surface area contributed by atoms with Crippen LogP contribution in [0, 0.1) is 0 Å². The zero-order valence-corrected chi connectivity index (χ0v) is 12.6. The summed E-state index contributed by atoms with van der Waals surface area (Å²) in [4.78, 5) is 14.5. The minimum Gasteiger partial charge on any atom is -0.480 e. The number of carboxylic acids is 1. The van der Waals surface area contributed by atoms with Crippen LogP contribution in [0.15, 0.2) is 0 Å². The summed E-state index contributed by atoms with van der Waals surface area (Å²) in [5, 5.41) is 13.2. The fourth-order valence-corrected chi connectivity index (χ4v) is 3.86. The topological polar surface area (TPSA) is 52.6 Å². The molecule has 2 unspecified atom stereocenters. The van der Waals surface area contributed by atoms with Gasteiger partial charge in [-0.3, -0.25) is 15.0 Å². The molecule has 0 heterocycles. The van der Waals surface area contributed by atoms with E-state index in [0.29, 0.717) is 12.1 Å². The lowest BCUT2D eigenvalue weighted by atomic mass is 9.78. The van der Waals surface area contributed by atoms with Gasteiger partial charge in [-0.05, 0) is 64.3 Å². The second-order valence-corrected chi connectivity index (χ2v) is 7.03. The minimum atomic E-state index is -0.648. The largest absolute Gasteiger partial charge is 0.480 e. The van der Waals surface area contributed by atoms with Crippen molar-refractivity contribution in [1.29, 1.82) is 0 Å². The van der Waals surface area contributed by atoms with E-state index in [9.17, 15) is 9.90 Å². The number of nitrogens with zero attached hydrogens (tertiary/aromatic N) is 1. The Hall–Kier alpha value is -0.610. The molecule has 0 aromatic carbocycles. The van der Waals surface area contributed by atoms with Gasteiger partial charge in [0.25, 0.3) is 0 Å². The Bertz CT molecular complexity index is 365. The van der Waals surface area contributed by atoms with Gasteiger partial charge in [0, 0.05) is 18.1 Å². The Balaban J connectivity index is 1.70. The maximum atomic E-state index is 11.9. The van der Waals surface area contributed by atoms with E-state index < -0.39 is 11.5 Å². The predicted octanol–water partition coefficient (Wildman–Crippen LogP) is 2.38. The highest BCUT2D eigenvalue weighted by atomic mass is 16.4. The fourth-order valence-electron chi connectivity index (χ4n) is 3.86. The lowest BCUT2D eigenvalue weighted by molar-refractivity contribution is -0.147. The van der Waals surface area contributed by atoms with Crippen molar-refractivity contribution in [2.75, 3.05) is 6.54 Å². The molecule has 0 radical (unpaired) electrons. The highest BCUT2D eigenvalue weighted by Gasteiger charge is 2.48. The molecule has 0 aromatic heterocycles. The SMILES string of the molecule is CCCN(C1CC1)C1CCCC(NC2CC2)(C(=O)O)C1. The molecule has 3 saturated carbocycles. The molecule has 114 valence electrons. The maximum absolute atomic E-state index is 11.9. The van der Waals surface area contributed by atoms with Crippen LogP contribution in [0.4, 0.5) is 0 Å². The molecule has 0 amide bonds. The van der Waals surface area contributed by atoms with Crippen molar-refractivity contribution in [2.24, 2.45) is 0 Å². The van der Waals surface area contributed by atoms with Gasteiger partial charge in [-0.15, -0.1) is 0 Å². The molecule has 2 atom stereocenters. The smallest absolute Gasteiger partial charge is 0.323 e. The van der Waals surface area contributed by atoms with Crippen molar-refractivity contribution < 1.29 is 9.90 Å². The molecule has 4 nitrogen and oxygen atoms in total. The van der Waals surface area contributed by atoms with E-state index >= 15 is 0 Å². The van der Waals surface area contributed by atoms with Crippen molar-refractivity contribution in [1.82, 2.24) is 10.2 Å². The van der Waals surface area contributed by atoms with Gasteiger partial charge >= 0.3 is 5.97 Å². The number of carbonyl (C=O) groups is 1. The zero-order valence-electron chi connectivity index (χ0n) is 12.6. The van der Waals surface area contributed by atoms with Crippen LogP contribution in [-0.4, -0.2) is 46.2 Å². The van der Waals surface area contributed by atoms with Gasteiger partial charge in [0.05, 0.1) is 0 Å². The molecule has 4 heteroatoms. The molecule has 0 aromatic rings. The Morgan fingerprint density at radius 3 is 2.55 bits per heavy atom. The zero-order chi connectivity index (χ0) is 14.2. The predicted molar refractivity (Wildman–Crippen MR) is 78.8 cm³/mol. The van der Waals surface area contributed by atoms with Gasteiger partial charge in [0.15, 0.2) is 0 Å². The second-order valence-electron chi connectivity index (χ2n) is 7.03. The molecule has 20 heavy (non-hydrogen) atoms. The molecule has 3 fully saturated rings. The quantitative estimate of drug-likeness (QED) is 0.752. The van der Waals surface area contributed by atoms with E-state index in [0.717, 1.165) is 44.7 Å². The molecule has 0 bridgehead atoms. The summed E-state index contributed by atoms with van der Waals surface area (Å²) in [5.74, 6) is -0.624. The van der Waals surface area contributed by atoms with E-state index in [4.69, 9.17) is 0 Å². The summed E-state index contributed by atoms with van der Waals surface area (Å²) in [6.07, 6.45) is 9.93. The number of carboxylic acid groups (broad SMARTS) is 1. The van der Waals surface area contributed by atoms with Crippen molar-refractivity contribution in [2.45, 2.75) is 88.4 Å². The van der Waals surface area contributed by atoms with Crippen LogP contribution >= 0.6 is 0 Å². The van der Waals surface area contributed by atoms with Crippen molar-refractivity contribution in [3.05, 3.63) is 0 Å². The summed E-state index contributed by atoms with van der Waals surface area (Å²) in [5.41, 5.74) is -0.648. The van der Waals surface area contributed by atoms with Crippen LogP contribution in [0.3, 0.4) is 0 Å². The van der Waals surface area contributed by atoms with Gasteiger partial charge in [-0.1, -0.05) is 6.92 Å². The Kier molecular flexibility index (Phi) is 4.04. The van der Waals surface area contributed by atoms with Gasteiger partial charge in [0.2, 0.25) is 0 Å². The monoisotopic (exact) mass is 280 g/mol. The molecule has 0 spiro atoms. The van der Waals surface area contributed by atoms with Crippen LogP contribution in [0.5, 0.6) is 0 Å². The van der Waals surface area contributed by atoms with Gasteiger partial charge in [-0.2, -0.15) is 0 Å². The first kappa shape index (κ1) is 14.3.